The Morgan fingerprint density at radius 3 is 2.48 bits per heavy atom. The zero-order valence-corrected chi connectivity index (χ0v) is 17.5. The van der Waals surface area contributed by atoms with Crippen LogP contribution in [0, 0.1) is 6.92 Å². The minimum Gasteiger partial charge on any atom is -0.493 e. The van der Waals surface area contributed by atoms with Gasteiger partial charge in [-0.15, -0.1) is 0 Å². The van der Waals surface area contributed by atoms with Crippen molar-refractivity contribution in [1.82, 2.24) is 5.32 Å². The van der Waals surface area contributed by atoms with Crippen LogP contribution in [0.3, 0.4) is 0 Å². The van der Waals surface area contributed by atoms with Crippen molar-refractivity contribution in [2.45, 2.75) is 39.8 Å². The van der Waals surface area contributed by atoms with E-state index in [0.717, 1.165) is 11.1 Å². The molecule has 0 unspecified atom stereocenters. The zero-order valence-electron chi connectivity index (χ0n) is 17.5. The Labute approximate surface area is 171 Å². The number of hydrogen-bond donors (Lipinski definition) is 3. The van der Waals surface area contributed by atoms with E-state index >= 15 is 0 Å². The summed E-state index contributed by atoms with van der Waals surface area (Å²) in [5, 5.41) is 15.3. The summed E-state index contributed by atoms with van der Waals surface area (Å²) in [6.45, 7) is 7.83. The quantitative estimate of drug-likeness (QED) is 0.626. The molecular formula is C22H28N2O5. The minimum absolute atomic E-state index is 0.141. The number of aryl methyl sites for hydroxylation is 1. The van der Waals surface area contributed by atoms with Crippen LogP contribution in [0.5, 0.6) is 11.5 Å². The van der Waals surface area contributed by atoms with E-state index in [9.17, 15) is 14.7 Å². The number of benzene rings is 2. The van der Waals surface area contributed by atoms with Crippen LogP contribution in [-0.2, 0) is 11.3 Å². The number of rotatable bonds is 8. The number of aromatic carboxylic acids is 1. The Hall–Kier alpha value is -3.22. The van der Waals surface area contributed by atoms with Crippen molar-refractivity contribution < 1.29 is 24.2 Å². The van der Waals surface area contributed by atoms with Gasteiger partial charge in [0.1, 0.15) is 0 Å². The van der Waals surface area contributed by atoms with Gasteiger partial charge in [-0.2, -0.15) is 0 Å². The van der Waals surface area contributed by atoms with Crippen molar-refractivity contribution in [3.05, 3.63) is 53.1 Å². The standard InChI is InChI=1S/C22H28N2O5/c1-14-9-10-15(21(26)27)11-17(14)23-12-16-7-6-8-18(28-5)20(16)29-13-19(25)24-22(2,3)4/h6-11,23H,12-13H2,1-5H3,(H,24,25)(H,26,27). The van der Waals surface area contributed by atoms with Gasteiger partial charge in [0, 0.05) is 23.3 Å². The van der Waals surface area contributed by atoms with Crippen LogP contribution in [-0.4, -0.2) is 36.2 Å². The molecule has 0 radical (unpaired) electrons. The van der Waals surface area contributed by atoms with Gasteiger partial charge in [-0.1, -0.05) is 18.2 Å². The van der Waals surface area contributed by atoms with Crippen molar-refractivity contribution in [3.8, 4) is 11.5 Å². The average molecular weight is 400 g/mol. The number of hydrogen-bond acceptors (Lipinski definition) is 5. The van der Waals surface area contributed by atoms with Gasteiger partial charge in [0.05, 0.1) is 12.7 Å². The highest BCUT2D eigenvalue weighted by atomic mass is 16.5. The lowest BCUT2D eigenvalue weighted by atomic mass is 10.1. The van der Waals surface area contributed by atoms with Crippen LogP contribution < -0.4 is 20.1 Å². The lowest BCUT2D eigenvalue weighted by Crippen LogP contribution is -2.43. The Morgan fingerprint density at radius 1 is 1.14 bits per heavy atom. The molecule has 2 aromatic rings. The molecule has 0 heterocycles. The summed E-state index contributed by atoms with van der Waals surface area (Å²) in [5.41, 5.74) is 2.28. The van der Waals surface area contributed by atoms with Crippen LogP contribution in [0.2, 0.25) is 0 Å². The molecular weight excluding hydrogens is 372 g/mol. The molecule has 7 heteroatoms. The number of ether oxygens (including phenoxy) is 2. The van der Waals surface area contributed by atoms with Gasteiger partial charge in [0.25, 0.3) is 5.91 Å². The Morgan fingerprint density at radius 2 is 1.86 bits per heavy atom. The summed E-state index contributed by atoms with van der Waals surface area (Å²) in [6, 6.07) is 10.4. The molecule has 0 saturated carbocycles. The molecule has 0 aliphatic heterocycles. The average Bonchev–Trinajstić information content (AvgIpc) is 2.64. The molecule has 1 amide bonds. The molecule has 0 fully saturated rings. The highest BCUT2D eigenvalue weighted by molar-refractivity contribution is 5.89. The zero-order chi connectivity index (χ0) is 21.6. The molecule has 0 aromatic heterocycles. The summed E-state index contributed by atoms with van der Waals surface area (Å²) in [4.78, 5) is 23.3. The van der Waals surface area contributed by atoms with Gasteiger partial charge < -0.3 is 25.2 Å². The van der Waals surface area contributed by atoms with Gasteiger partial charge in [-0.3, -0.25) is 4.79 Å². The monoisotopic (exact) mass is 400 g/mol. The number of carboxylic acids is 1. The predicted octanol–water partition coefficient (Wildman–Crippen LogP) is 3.61. The smallest absolute Gasteiger partial charge is 0.335 e. The fraction of sp³-hybridized carbons (Fsp3) is 0.364. The summed E-state index contributed by atoms with van der Waals surface area (Å²) < 4.78 is 11.2. The van der Waals surface area contributed by atoms with E-state index in [2.05, 4.69) is 10.6 Å². The van der Waals surface area contributed by atoms with Crippen molar-refractivity contribution in [2.75, 3.05) is 19.0 Å². The molecule has 0 aliphatic rings. The fourth-order valence-electron chi connectivity index (χ4n) is 2.75. The van der Waals surface area contributed by atoms with Crippen LogP contribution in [0.1, 0.15) is 42.3 Å². The molecule has 0 saturated heterocycles. The Balaban J connectivity index is 2.18. The van der Waals surface area contributed by atoms with Gasteiger partial charge in [-0.25, -0.2) is 4.79 Å². The maximum Gasteiger partial charge on any atom is 0.335 e. The molecule has 2 aromatic carbocycles. The maximum atomic E-state index is 12.1. The molecule has 29 heavy (non-hydrogen) atoms. The number of anilines is 1. The van der Waals surface area contributed by atoms with Crippen LogP contribution in [0.4, 0.5) is 5.69 Å². The second-order valence-corrected chi connectivity index (χ2v) is 7.72. The minimum atomic E-state index is -0.983. The Kier molecular flexibility index (Phi) is 7.09. The van der Waals surface area contributed by atoms with Crippen molar-refractivity contribution >= 4 is 17.6 Å². The summed E-state index contributed by atoms with van der Waals surface area (Å²) in [6.07, 6.45) is 0. The van der Waals surface area contributed by atoms with Crippen LogP contribution in [0.25, 0.3) is 0 Å². The number of carbonyl (C=O) groups excluding carboxylic acids is 1. The third-order valence-corrected chi connectivity index (χ3v) is 4.10. The second-order valence-electron chi connectivity index (χ2n) is 7.72. The van der Waals surface area contributed by atoms with Crippen molar-refractivity contribution in [1.29, 1.82) is 0 Å². The largest absolute Gasteiger partial charge is 0.493 e. The normalized spacial score (nSPS) is 10.9. The maximum absolute atomic E-state index is 12.1. The highest BCUT2D eigenvalue weighted by Gasteiger charge is 2.17. The summed E-state index contributed by atoms with van der Waals surface area (Å²) in [7, 11) is 1.54. The number of carboxylic acid groups (broad SMARTS) is 1. The van der Waals surface area contributed by atoms with Gasteiger partial charge in [0.15, 0.2) is 18.1 Å². The second kappa shape index (κ2) is 9.32. The third-order valence-electron chi connectivity index (χ3n) is 4.10. The number of para-hydroxylation sites is 1. The van der Waals surface area contributed by atoms with Crippen molar-refractivity contribution in [3.63, 3.8) is 0 Å². The fourth-order valence-corrected chi connectivity index (χ4v) is 2.75. The van der Waals surface area contributed by atoms with Gasteiger partial charge in [0.2, 0.25) is 0 Å². The topological polar surface area (TPSA) is 96.9 Å². The summed E-state index contributed by atoms with van der Waals surface area (Å²) in [5.74, 6) is -0.224. The lowest BCUT2D eigenvalue weighted by Gasteiger charge is -2.21. The molecule has 7 nitrogen and oxygen atoms in total. The SMILES string of the molecule is COc1cccc(CNc2cc(C(=O)O)ccc2C)c1OCC(=O)NC(C)(C)C. The third kappa shape index (κ3) is 6.41. The number of carbonyl (C=O) groups is 2. The van der Waals surface area contributed by atoms with E-state index in [4.69, 9.17) is 9.47 Å². The number of methoxy groups -OCH3 is 1. The first kappa shape index (κ1) is 22.1. The first-order chi connectivity index (χ1) is 13.6. The molecule has 0 aliphatic carbocycles. The molecule has 0 spiro atoms. The van der Waals surface area contributed by atoms with E-state index < -0.39 is 5.97 Å². The first-order valence-electron chi connectivity index (χ1n) is 9.28. The molecule has 3 N–H and O–H groups in total. The van der Waals surface area contributed by atoms with E-state index in [-0.39, 0.29) is 23.6 Å². The molecule has 0 atom stereocenters. The predicted molar refractivity (Wildman–Crippen MR) is 112 cm³/mol. The van der Waals surface area contributed by atoms with E-state index in [0.29, 0.717) is 23.7 Å². The Bertz CT molecular complexity index is 887. The number of nitrogens with one attached hydrogen (secondary N) is 2. The molecule has 0 bridgehead atoms. The van der Waals surface area contributed by atoms with Crippen LogP contribution in [0.15, 0.2) is 36.4 Å². The first-order valence-corrected chi connectivity index (χ1v) is 9.28. The van der Waals surface area contributed by atoms with E-state index in [1.54, 1.807) is 24.3 Å². The highest BCUT2D eigenvalue weighted by Crippen LogP contribution is 2.32. The molecule has 2 rings (SSSR count). The lowest BCUT2D eigenvalue weighted by molar-refractivity contribution is -0.124. The van der Waals surface area contributed by atoms with Crippen molar-refractivity contribution in [2.24, 2.45) is 0 Å². The number of amides is 1. The van der Waals surface area contributed by atoms with E-state index in [1.165, 1.54) is 7.11 Å². The van der Waals surface area contributed by atoms with Gasteiger partial charge >= 0.3 is 5.97 Å². The van der Waals surface area contributed by atoms with E-state index in [1.807, 2.05) is 39.8 Å². The summed E-state index contributed by atoms with van der Waals surface area (Å²) >= 11 is 0. The van der Waals surface area contributed by atoms with Gasteiger partial charge in [-0.05, 0) is 51.5 Å². The van der Waals surface area contributed by atoms with Crippen LogP contribution >= 0.6 is 0 Å². The molecule has 156 valence electrons.